The second-order valence-corrected chi connectivity index (χ2v) is 2.76. The minimum Gasteiger partial charge on any atom is -0.368 e. The molecule has 0 spiro atoms. The molecule has 0 aliphatic carbocycles. The van der Waals surface area contributed by atoms with Gasteiger partial charge in [0.25, 0.3) is 0 Å². The average Bonchev–Trinajstić information content (AvgIpc) is 2.49. The quantitative estimate of drug-likeness (QED) is 0.823. The van der Waals surface area contributed by atoms with Crippen molar-refractivity contribution >= 4 is 5.88 Å². The Morgan fingerprint density at radius 3 is 1.88 bits per heavy atom. The summed E-state index contributed by atoms with van der Waals surface area (Å²) in [6.45, 7) is 0. The van der Waals surface area contributed by atoms with Crippen LogP contribution in [-0.4, -0.2) is 17.3 Å². The summed E-state index contributed by atoms with van der Waals surface area (Å²) >= 11 is 0. The maximum atomic E-state index is 12.8. The molecule has 0 radical (unpaired) electrons. The molecule has 0 saturated carbocycles. The molecule has 0 amide bonds. The molecule has 0 bridgehead atoms. The van der Waals surface area contributed by atoms with Crippen LogP contribution in [0, 0.1) is 0 Å². The smallest absolute Gasteiger partial charge is 0.368 e. The fourth-order valence-electron chi connectivity index (χ4n) is 0.776. The van der Waals surface area contributed by atoms with Gasteiger partial charge < -0.3 is 10.3 Å². The van der Waals surface area contributed by atoms with Crippen LogP contribution < -0.4 is 5.73 Å². The second-order valence-electron chi connectivity index (χ2n) is 2.76. The zero-order valence-corrected chi connectivity index (χ0v) is 7.16. The molecule has 3 nitrogen and oxygen atoms in total. The van der Waals surface area contributed by atoms with Gasteiger partial charge in [-0.1, -0.05) is 5.16 Å². The van der Waals surface area contributed by atoms with E-state index < -0.39 is 29.6 Å². The van der Waals surface area contributed by atoms with E-state index >= 15 is 0 Å². The fourth-order valence-corrected chi connectivity index (χ4v) is 0.776. The minimum absolute atomic E-state index is 0.0969. The average molecular weight is 252 g/mol. The highest BCUT2D eigenvalue weighted by molar-refractivity contribution is 5.28. The summed E-state index contributed by atoms with van der Waals surface area (Å²) in [6.07, 6.45) is -6.41. The van der Waals surface area contributed by atoms with Crippen LogP contribution in [0.15, 0.2) is 10.6 Å². The highest BCUT2D eigenvalue weighted by Gasteiger charge is 2.74. The number of hydrogen-bond donors (Lipinski definition) is 1. The Morgan fingerprint density at radius 1 is 1.06 bits per heavy atom. The van der Waals surface area contributed by atoms with Crippen molar-refractivity contribution < 1.29 is 35.3 Å². The molecule has 1 aromatic heterocycles. The third-order valence-electron chi connectivity index (χ3n) is 1.60. The van der Waals surface area contributed by atoms with Gasteiger partial charge in [0.15, 0.2) is 5.69 Å². The molecule has 0 aliphatic rings. The highest BCUT2D eigenvalue weighted by Crippen LogP contribution is 2.51. The van der Waals surface area contributed by atoms with Crippen molar-refractivity contribution in [2.45, 2.75) is 18.0 Å². The van der Waals surface area contributed by atoms with E-state index in [2.05, 4.69) is 9.68 Å². The maximum Gasteiger partial charge on any atom is 0.460 e. The number of anilines is 1. The van der Waals surface area contributed by atoms with Crippen LogP contribution in [0.3, 0.4) is 0 Å². The number of nitrogens with zero attached hydrogens (tertiary/aromatic N) is 1. The molecule has 0 aliphatic heterocycles. The first-order valence-electron chi connectivity index (χ1n) is 3.55. The van der Waals surface area contributed by atoms with E-state index in [0.717, 1.165) is 0 Å². The molecule has 0 atom stereocenters. The number of alkyl halides is 7. The van der Waals surface area contributed by atoms with Crippen molar-refractivity contribution in [1.82, 2.24) is 5.16 Å². The van der Waals surface area contributed by atoms with Crippen LogP contribution in [0.1, 0.15) is 5.69 Å². The number of aromatic nitrogens is 1. The predicted molar refractivity (Wildman–Crippen MR) is 35.8 cm³/mol. The number of rotatable bonds is 2. The van der Waals surface area contributed by atoms with Gasteiger partial charge in [-0.3, -0.25) is 0 Å². The molecule has 10 heteroatoms. The molecule has 0 saturated heterocycles. The zero-order valence-electron chi connectivity index (χ0n) is 7.16. The first-order valence-corrected chi connectivity index (χ1v) is 3.55. The van der Waals surface area contributed by atoms with Gasteiger partial charge >= 0.3 is 18.0 Å². The predicted octanol–water partition coefficient (Wildman–Crippen LogP) is 2.55. The van der Waals surface area contributed by atoms with Gasteiger partial charge in [0.2, 0.25) is 5.88 Å². The molecule has 1 rings (SSSR count). The Labute approximate surface area is 83.0 Å². The molecule has 0 unspecified atom stereocenters. The third-order valence-corrected chi connectivity index (χ3v) is 1.60. The fraction of sp³-hybridized carbons (Fsp3) is 0.500. The lowest BCUT2D eigenvalue weighted by atomic mass is 10.1. The Kier molecular flexibility index (Phi) is 2.56. The molecule has 1 aromatic rings. The van der Waals surface area contributed by atoms with Gasteiger partial charge in [-0.25, -0.2) is 0 Å². The molecule has 0 aromatic carbocycles. The summed E-state index contributed by atoms with van der Waals surface area (Å²) in [5.41, 5.74) is 2.86. The van der Waals surface area contributed by atoms with Gasteiger partial charge in [0.05, 0.1) is 0 Å². The molecule has 92 valence electrons. The van der Waals surface area contributed by atoms with Crippen molar-refractivity contribution in [3.05, 3.63) is 11.8 Å². The van der Waals surface area contributed by atoms with Crippen LogP contribution in [0.2, 0.25) is 0 Å². The summed E-state index contributed by atoms with van der Waals surface area (Å²) in [4.78, 5) is 0. The van der Waals surface area contributed by atoms with Crippen LogP contribution in [0.5, 0.6) is 0 Å². The van der Waals surface area contributed by atoms with Gasteiger partial charge in [-0.2, -0.15) is 30.7 Å². The first-order chi connectivity index (χ1) is 7.00. The zero-order chi connectivity index (χ0) is 12.8. The number of hydrogen-bond acceptors (Lipinski definition) is 3. The van der Waals surface area contributed by atoms with E-state index in [0.29, 0.717) is 0 Å². The standard InChI is InChI=1S/C6H3F7N2O/c7-4(8,2-1-3(14)16-15-2)5(9,10)6(11,12)13/h1H,14H2. The van der Waals surface area contributed by atoms with E-state index in [9.17, 15) is 30.7 Å². The van der Waals surface area contributed by atoms with Gasteiger partial charge in [-0.15, -0.1) is 0 Å². The van der Waals surface area contributed by atoms with Gasteiger partial charge in [0.1, 0.15) is 0 Å². The Morgan fingerprint density at radius 2 is 1.56 bits per heavy atom. The third kappa shape index (κ3) is 1.67. The van der Waals surface area contributed by atoms with Crippen molar-refractivity contribution in [3.8, 4) is 0 Å². The van der Waals surface area contributed by atoms with E-state index in [1.807, 2.05) is 0 Å². The van der Waals surface area contributed by atoms with E-state index in [-0.39, 0.29) is 6.07 Å². The van der Waals surface area contributed by atoms with Crippen molar-refractivity contribution in [1.29, 1.82) is 0 Å². The number of halogens is 7. The molecular formula is C6H3F7N2O. The molecule has 16 heavy (non-hydrogen) atoms. The summed E-state index contributed by atoms with van der Waals surface area (Å²) in [7, 11) is 0. The molecular weight excluding hydrogens is 249 g/mol. The van der Waals surface area contributed by atoms with Crippen molar-refractivity contribution in [3.63, 3.8) is 0 Å². The normalized spacial score (nSPS) is 14.2. The molecule has 0 fully saturated rings. The Hall–Kier alpha value is -1.48. The maximum absolute atomic E-state index is 12.8. The van der Waals surface area contributed by atoms with Crippen LogP contribution in [0.25, 0.3) is 0 Å². The summed E-state index contributed by atoms with van der Waals surface area (Å²) in [5, 5.41) is 2.34. The second kappa shape index (κ2) is 3.25. The van der Waals surface area contributed by atoms with Gasteiger partial charge in [0, 0.05) is 6.07 Å². The lowest BCUT2D eigenvalue weighted by Gasteiger charge is -2.26. The van der Waals surface area contributed by atoms with Gasteiger partial charge in [-0.05, 0) is 0 Å². The first kappa shape index (κ1) is 12.6. The van der Waals surface area contributed by atoms with Crippen LogP contribution >= 0.6 is 0 Å². The Balaban J connectivity index is 3.21. The minimum atomic E-state index is -6.41. The van der Waals surface area contributed by atoms with Crippen LogP contribution in [0.4, 0.5) is 36.6 Å². The SMILES string of the molecule is Nc1cc(C(F)(F)C(F)(F)C(F)(F)F)no1. The van der Waals surface area contributed by atoms with E-state index in [1.54, 1.807) is 0 Å². The summed E-state index contributed by atoms with van der Waals surface area (Å²) in [6, 6.07) is 0.0969. The molecule has 1 heterocycles. The Bertz CT molecular complexity index is 382. The monoisotopic (exact) mass is 252 g/mol. The molecule has 2 N–H and O–H groups in total. The number of nitrogen functional groups attached to an aromatic ring is 1. The lowest BCUT2D eigenvalue weighted by Crippen LogP contribution is -2.50. The highest BCUT2D eigenvalue weighted by atomic mass is 19.4. The van der Waals surface area contributed by atoms with E-state index in [4.69, 9.17) is 5.73 Å². The van der Waals surface area contributed by atoms with Crippen molar-refractivity contribution in [2.24, 2.45) is 0 Å². The summed E-state index contributed by atoms with van der Waals surface area (Å²) < 4.78 is 89.3. The van der Waals surface area contributed by atoms with Crippen LogP contribution in [-0.2, 0) is 5.92 Å². The largest absolute Gasteiger partial charge is 0.460 e. The van der Waals surface area contributed by atoms with E-state index in [1.165, 1.54) is 0 Å². The lowest BCUT2D eigenvalue weighted by molar-refractivity contribution is -0.360. The summed E-state index contributed by atoms with van der Waals surface area (Å²) in [5.74, 6) is -12.6. The topological polar surface area (TPSA) is 52.0 Å². The van der Waals surface area contributed by atoms with Crippen molar-refractivity contribution in [2.75, 3.05) is 5.73 Å². The number of nitrogens with two attached hydrogens (primary N) is 1.